The number of nitrogens with zero attached hydrogens (tertiary/aromatic N) is 3. The normalized spacial score (nSPS) is 11.0. The lowest BCUT2D eigenvalue weighted by Gasteiger charge is -2.18. The molecule has 0 aliphatic carbocycles. The van der Waals surface area contributed by atoms with Gasteiger partial charge in [-0.25, -0.2) is 13.2 Å². The molecule has 3 N–H and O–H groups in total. The third kappa shape index (κ3) is 6.75. The highest BCUT2D eigenvalue weighted by Gasteiger charge is 2.27. The minimum atomic E-state index is -3.92. The van der Waals surface area contributed by atoms with Crippen molar-refractivity contribution in [3.05, 3.63) is 57.6 Å². The zero-order valence-electron chi connectivity index (χ0n) is 20.9. The number of amides is 1. The van der Waals surface area contributed by atoms with Crippen molar-refractivity contribution in [2.24, 2.45) is 0 Å². The quantitative estimate of drug-likeness (QED) is 0.240. The van der Waals surface area contributed by atoms with Crippen molar-refractivity contribution in [1.29, 1.82) is 0 Å². The maximum Gasteiger partial charge on any atom is 0.341 e. The highest BCUT2D eigenvalue weighted by molar-refractivity contribution is 7.92. The molecule has 0 bridgehead atoms. The van der Waals surface area contributed by atoms with E-state index in [0.29, 0.717) is 34.2 Å². The molecule has 2 heterocycles. The molecular weight excluding hydrogens is 572 g/mol. The summed E-state index contributed by atoms with van der Waals surface area (Å²) in [6, 6.07) is 8.61. The number of nitrogens with one attached hydrogen (secondary N) is 3. The number of hydrogen-bond donors (Lipinski definition) is 3. The largest absolute Gasteiger partial charge is 0.465 e. The Morgan fingerprint density at radius 2 is 1.74 bits per heavy atom. The van der Waals surface area contributed by atoms with Crippen molar-refractivity contribution in [2.45, 2.75) is 25.7 Å². The highest BCUT2D eigenvalue weighted by Crippen LogP contribution is 2.34. The van der Waals surface area contributed by atoms with Crippen LogP contribution in [0.3, 0.4) is 0 Å². The van der Waals surface area contributed by atoms with E-state index >= 15 is 0 Å². The zero-order valence-corrected chi connectivity index (χ0v) is 24.1. The van der Waals surface area contributed by atoms with Crippen molar-refractivity contribution >= 4 is 78.7 Å². The van der Waals surface area contributed by atoms with E-state index in [2.05, 4.69) is 25.6 Å². The first-order chi connectivity index (χ1) is 18.0. The molecule has 3 rings (SSSR count). The number of methoxy groups -OCH3 is 1. The van der Waals surface area contributed by atoms with Crippen molar-refractivity contribution in [1.82, 2.24) is 15.1 Å². The van der Waals surface area contributed by atoms with Crippen molar-refractivity contribution in [3.63, 3.8) is 0 Å². The van der Waals surface area contributed by atoms with E-state index in [1.165, 1.54) is 43.5 Å². The van der Waals surface area contributed by atoms with Gasteiger partial charge in [-0.3, -0.25) is 9.52 Å². The summed E-state index contributed by atoms with van der Waals surface area (Å²) in [4.78, 5) is 27.5. The standard InChI is InChI=1S/C23H25ClN6O5S3/c1-5-30(6-2)21(31)19-13(3)18(22(32)35-4)20(37-19)26-23(36)25-14-7-9-15(10-8-14)38(33,34)29-17-12-11-16(24)27-28-17/h7-12H,5-6H2,1-4H3,(H,28,29)(H2,25,26,36). The zero-order chi connectivity index (χ0) is 28.0. The van der Waals surface area contributed by atoms with Gasteiger partial charge in [0.25, 0.3) is 15.9 Å². The molecule has 0 atom stereocenters. The Bertz CT molecular complexity index is 1440. The minimum absolute atomic E-state index is 0.0138. The fraction of sp³-hybridized carbons (Fsp3) is 0.261. The highest BCUT2D eigenvalue weighted by atomic mass is 35.5. The third-order valence-corrected chi connectivity index (χ3v) is 8.27. The molecule has 0 unspecified atom stereocenters. The number of ether oxygens (including phenoxy) is 1. The molecule has 0 aliphatic heterocycles. The molecule has 1 aromatic carbocycles. The lowest BCUT2D eigenvalue weighted by Crippen LogP contribution is -2.30. The third-order valence-electron chi connectivity index (χ3n) is 5.30. The molecule has 11 nitrogen and oxygen atoms in total. The fourth-order valence-corrected chi connectivity index (χ4v) is 5.91. The SMILES string of the molecule is CCN(CC)C(=O)c1sc(NC(=S)Nc2ccc(S(=O)(=O)Nc3ccc(Cl)nn3)cc2)c(C(=O)OC)c1C. The Kier molecular flexibility index (Phi) is 9.60. The first-order valence-corrected chi connectivity index (χ1v) is 14.3. The van der Waals surface area contributed by atoms with Crippen LogP contribution >= 0.6 is 35.2 Å². The monoisotopic (exact) mass is 596 g/mol. The summed E-state index contributed by atoms with van der Waals surface area (Å²) in [5, 5.41) is 13.8. The van der Waals surface area contributed by atoms with Gasteiger partial charge in [0.05, 0.1) is 22.4 Å². The summed E-state index contributed by atoms with van der Waals surface area (Å²) in [5.41, 5.74) is 1.20. The van der Waals surface area contributed by atoms with Crippen LogP contribution in [-0.4, -0.2) is 60.7 Å². The summed E-state index contributed by atoms with van der Waals surface area (Å²) in [7, 11) is -2.66. The predicted molar refractivity (Wildman–Crippen MR) is 152 cm³/mol. The molecular formula is C23H25ClN6O5S3. The summed E-state index contributed by atoms with van der Waals surface area (Å²) >= 11 is 12.2. The van der Waals surface area contributed by atoms with E-state index < -0.39 is 16.0 Å². The fourth-order valence-electron chi connectivity index (χ4n) is 3.36. The molecule has 0 saturated heterocycles. The lowest BCUT2D eigenvalue weighted by atomic mass is 10.1. The number of aromatic nitrogens is 2. The van der Waals surface area contributed by atoms with Crippen molar-refractivity contribution < 1.29 is 22.7 Å². The number of hydrogen-bond acceptors (Lipinski definition) is 9. The summed E-state index contributed by atoms with van der Waals surface area (Å²) in [5.74, 6) is -0.770. The number of carbonyl (C=O) groups is 2. The Morgan fingerprint density at radius 3 is 2.29 bits per heavy atom. The number of thiophene rings is 1. The number of anilines is 3. The molecule has 3 aromatic rings. The number of benzene rings is 1. The molecule has 0 spiro atoms. The van der Waals surface area contributed by atoms with Crippen LogP contribution < -0.4 is 15.4 Å². The summed E-state index contributed by atoms with van der Waals surface area (Å²) in [6.45, 7) is 6.49. The van der Waals surface area contributed by atoms with Gasteiger partial charge in [-0.05, 0) is 75.0 Å². The molecule has 1 amide bonds. The Balaban J connectivity index is 1.76. The van der Waals surface area contributed by atoms with E-state index in [9.17, 15) is 18.0 Å². The molecule has 0 aliphatic rings. The van der Waals surface area contributed by atoms with Crippen LogP contribution in [0.1, 0.15) is 39.4 Å². The van der Waals surface area contributed by atoms with Gasteiger partial charge < -0.3 is 20.3 Å². The van der Waals surface area contributed by atoms with Crippen molar-refractivity contribution in [3.8, 4) is 0 Å². The van der Waals surface area contributed by atoms with Gasteiger partial charge in [-0.15, -0.1) is 21.5 Å². The van der Waals surface area contributed by atoms with E-state index in [1.54, 1.807) is 11.8 Å². The summed E-state index contributed by atoms with van der Waals surface area (Å²) < 4.78 is 32.5. The number of esters is 1. The van der Waals surface area contributed by atoms with Gasteiger partial charge >= 0.3 is 5.97 Å². The second kappa shape index (κ2) is 12.5. The van der Waals surface area contributed by atoms with Crippen LogP contribution in [0.15, 0.2) is 41.3 Å². The maximum atomic E-state index is 13.0. The van der Waals surface area contributed by atoms with Gasteiger partial charge in [0.15, 0.2) is 16.1 Å². The van der Waals surface area contributed by atoms with Crippen LogP contribution in [0.2, 0.25) is 5.15 Å². The average Bonchev–Trinajstić information content (AvgIpc) is 3.21. The Hall–Kier alpha value is -3.33. The first kappa shape index (κ1) is 29.2. The smallest absolute Gasteiger partial charge is 0.341 e. The average molecular weight is 597 g/mol. The van der Waals surface area contributed by atoms with E-state index in [1.807, 2.05) is 13.8 Å². The van der Waals surface area contributed by atoms with Crippen LogP contribution in [0.25, 0.3) is 0 Å². The van der Waals surface area contributed by atoms with Crippen LogP contribution in [0.4, 0.5) is 16.5 Å². The molecule has 15 heteroatoms. The van der Waals surface area contributed by atoms with Gasteiger partial charge in [-0.2, -0.15) is 0 Å². The molecule has 0 fully saturated rings. The van der Waals surface area contributed by atoms with Crippen LogP contribution in [0, 0.1) is 6.92 Å². The van der Waals surface area contributed by atoms with Crippen LogP contribution in [0.5, 0.6) is 0 Å². The van der Waals surface area contributed by atoms with Gasteiger partial charge in [0, 0.05) is 18.8 Å². The lowest BCUT2D eigenvalue weighted by molar-refractivity contribution is 0.0601. The molecule has 0 saturated carbocycles. The first-order valence-electron chi connectivity index (χ1n) is 11.2. The minimum Gasteiger partial charge on any atom is -0.465 e. The van der Waals surface area contributed by atoms with Gasteiger partial charge in [-0.1, -0.05) is 11.6 Å². The van der Waals surface area contributed by atoms with E-state index in [0.717, 1.165) is 11.3 Å². The Morgan fingerprint density at radius 1 is 1.08 bits per heavy atom. The summed E-state index contributed by atoms with van der Waals surface area (Å²) in [6.07, 6.45) is 0. The van der Waals surface area contributed by atoms with Crippen molar-refractivity contribution in [2.75, 3.05) is 35.6 Å². The maximum absolute atomic E-state index is 13.0. The number of thiocarbonyl (C=S) groups is 1. The molecule has 0 radical (unpaired) electrons. The van der Waals surface area contributed by atoms with E-state index in [-0.39, 0.29) is 32.4 Å². The molecule has 38 heavy (non-hydrogen) atoms. The molecule has 2 aromatic heterocycles. The predicted octanol–water partition coefficient (Wildman–Crippen LogP) is 4.38. The topological polar surface area (TPSA) is 143 Å². The molecule has 202 valence electrons. The van der Waals surface area contributed by atoms with Gasteiger partial charge in [0.1, 0.15) is 5.00 Å². The van der Waals surface area contributed by atoms with E-state index in [4.69, 9.17) is 28.6 Å². The second-order valence-corrected chi connectivity index (χ2v) is 11.2. The number of sulfonamides is 1. The number of rotatable bonds is 9. The number of carbonyl (C=O) groups excluding carboxylic acids is 2. The van der Waals surface area contributed by atoms with Crippen LogP contribution in [-0.2, 0) is 14.8 Å². The second-order valence-electron chi connectivity index (χ2n) is 7.68. The Labute approximate surface area is 234 Å². The van der Waals surface area contributed by atoms with Gasteiger partial charge in [0.2, 0.25) is 0 Å². The number of halogens is 1.